The van der Waals surface area contributed by atoms with Crippen molar-refractivity contribution in [3.05, 3.63) is 0 Å². The summed E-state index contributed by atoms with van der Waals surface area (Å²) < 4.78 is 28.9. The molecule has 1 heterocycles. The van der Waals surface area contributed by atoms with Gasteiger partial charge in [-0.15, -0.1) is 0 Å². The summed E-state index contributed by atoms with van der Waals surface area (Å²) in [5, 5.41) is -0.380. The lowest BCUT2D eigenvalue weighted by atomic mass is 10.1. The van der Waals surface area contributed by atoms with Gasteiger partial charge in [-0.3, -0.25) is 4.90 Å². The van der Waals surface area contributed by atoms with Crippen molar-refractivity contribution >= 4 is 21.6 Å². The van der Waals surface area contributed by atoms with E-state index in [4.69, 9.17) is 10.5 Å². The third kappa shape index (κ3) is 4.70. The fourth-order valence-electron chi connectivity index (χ4n) is 2.27. The predicted molar refractivity (Wildman–Crippen MR) is 76.6 cm³/mol. The molecule has 0 aromatic rings. The lowest BCUT2D eigenvalue weighted by molar-refractivity contribution is 0.0815. The first-order chi connectivity index (χ1) is 8.50. The van der Waals surface area contributed by atoms with E-state index in [-0.39, 0.29) is 11.4 Å². The van der Waals surface area contributed by atoms with Gasteiger partial charge in [-0.1, -0.05) is 0 Å². The van der Waals surface area contributed by atoms with Crippen LogP contribution in [0.4, 0.5) is 0 Å². The zero-order chi connectivity index (χ0) is 13.6. The number of methoxy groups -OCH3 is 1. The lowest BCUT2D eigenvalue weighted by Gasteiger charge is -2.39. The first-order valence-corrected chi connectivity index (χ1v) is 9.33. The van der Waals surface area contributed by atoms with Crippen molar-refractivity contribution in [3.8, 4) is 0 Å². The summed E-state index contributed by atoms with van der Waals surface area (Å²) in [5.74, 6) is 1.64. The van der Waals surface area contributed by atoms with E-state index < -0.39 is 9.84 Å². The molecule has 0 spiro atoms. The van der Waals surface area contributed by atoms with Crippen molar-refractivity contribution in [3.63, 3.8) is 0 Å². The smallest absolute Gasteiger partial charge is 0.164 e. The Morgan fingerprint density at radius 2 is 2.28 bits per heavy atom. The zero-order valence-electron chi connectivity index (χ0n) is 11.2. The number of ether oxygens (including phenoxy) is 1. The van der Waals surface area contributed by atoms with Gasteiger partial charge in [0.05, 0.1) is 6.61 Å². The molecule has 7 heteroatoms. The standard InChI is InChI=1S/C11H24N2O3S2/c1-16-8-10(4-3-5-12)13-6-7-17-9-11(13)18(2,14)15/h10-11H,3-9,12H2,1-2H3. The van der Waals surface area contributed by atoms with Gasteiger partial charge < -0.3 is 10.5 Å². The summed E-state index contributed by atoms with van der Waals surface area (Å²) in [6, 6.07) is 0.152. The van der Waals surface area contributed by atoms with E-state index in [1.807, 2.05) is 0 Å². The highest BCUT2D eigenvalue weighted by atomic mass is 32.2. The third-order valence-corrected chi connectivity index (χ3v) is 5.85. The van der Waals surface area contributed by atoms with Gasteiger partial charge in [0, 0.05) is 37.5 Å². The van der Waals surface area contributed by atoms with Crippen LogP contribution in [0.2, 0.25) is 0 Å². The van der Waals surface area contributed by atoms with Crippen LogP contribution < -0.4 is 5.73 Å². The number of nitrogens with zero attached hydrogens (tertiary/aromatic N) is 1. The average Bonchev–Trinajstić information content (AvgIpc) is 2.33. The van der Waals surface area contributed by atoms with Crippen LogP contribution in [0.1, 0.15) is 12.8 Å². The molecule has 2 N–H and O–H groups in total. The summed E-state index contributed by atoms with van der Waals surface area (Å²) >= 11 is 1.71. The minimum absolute atomic E-state index is 0.152. The first-order valence-electron chi connectivity index (χ1n) is 6.22. The van der Waals surface area contributed by atoms with Crippen LogP contribution in [0.15, 0.2) is 0 Å². The molecule has 2 atom stereocenters. The average molecular weight is 296 g/mol. The number of hydrogen-bond acceptors (Lipinski definition) is 6. The van der Waals surface area contributed by atoms with Crippen LogP contribution in [0, 0.1) is 0 Å². The molecule has 1 aliphatic rings. The van der Waals surface area contributed by atoms with E-state index in [9.17, 15) is 8.42 Å². The fourth-order valence-corrected chi connectivity index (χ4v) is 5.22. The van der Waals surface area contributed by atoms with Crippen LogP contribution in [0.5, 0.6) is 0 Å². The molecule has 0 bridgehead atoms. The maximum absolute atomic E-state index is 11.9. The summed E-state index contributed by atoms with van der Waals surface area (Å²) in [6.45, 7) is 2.00. The second kappa shape index (κ2) is 7.69. The molecule has 2 unspecified atom stereocenters. The second-order valence-corrected chi connectivity index (χ2v) is 7.99. The minimum atomic E-state index is -3.05. The Kier molecular flexibility index (Phi) is 6.94. The van der Waals surface area contributed by atoms with Crippen molar-refractivity contribution in [2.24, 2.45) is 5.73 Å². The summed E-state index contributed by atoms with van der Waals surface area (Å²) in [4.78, 5) is 2.09. The highest BCUT2D eigenvalue weighted by Gasteiger charge is 2.35. The highest BCUT2D eigenvalue weighted by Crippen LogP contribution is 2.24. The quantitative estimate of drug-likeness (QED) is 0.721. The van der Waals surface area contributed by atoms with Gasteiger partial charge in [-0.25, -0.2) is 8.42 Å². The van der Waals surface area contributed by atoms with Crippen molar-refractivity contribution in [2.45, 2.75) is 24.3 Å². The molecule has 0 aromatic heterocycles. The van der Waals surface area contributed by atoms with E-state index in [1.165, 1.54) is 6.26 Å². The molecule has 1 fully saturated rings. The SMILES string of the molecule is COCC(CCCN)N1CCSCC1S(C)(=O)=O. The van der Waals surface area contributed by atoms with Gasteiger partial charge in [0.1, 0.15) is 5.37 Å². The largest absolute Gasteiger partial charge is 0.383 e. The molecule has 0 aliphatic carbocycles. The molecule has 1 saturated heterocycles. The van der Waals surface area contributed by atoms with Crippen molar-refractivity contribution in [1.82, 2.24) is 4.90 Å². The number of thioether (sulfide) groups is 1. The van der Waals surface area contributed by atoms with Crippen LogP contribution in [-0.4, -0.2) is 69.3 Å². The summed E-state index contributed by atoms with van der Waals surface area (Å²) in [6.07, 6.45) is 3.11. The first kappa shape index (κ1) is 16.2. The van der Waals surface area contributed by atoms with Crippen molar-refractivity contribution in [2.75, 3.05) is 44.6 Å². The monoisotopic (exact) mass is 296 g/mol. The van der Waals surface area contributed by atoms with Gasteiger partial charge in [0.2, 0.25) is 0 Å². The van der Waals surface area contributed by atoms with Gasteiger partial charge in [-0.2, -0.15) is 11.8 Å². The Morgan fingerprint density at radius 3 is 2.83 bits per heavy atom. The predicted octanol–water partition coefficient (Wildman–Crippen LogP) is 0.160. The van der Waals surface area contributed by atoms with Crippen molar-refractivity contribution < 1.29 is 13.2 Å². The Bertz CT molecular complexity index is 335. The Hall–Kier alpha value is 0.180. The fraction of sp³-hybridized carbons (Fsp3) is 1.00. The van der Waals surface area contributed by atoms with E-state index in [1.54, 1.807) is 18.9 Å². The second-order valence-electron chi connectivity index (χ2n) is 4.64. The van der Waals surface area contributed by atoms with Crippen LogP contribution in [0.3, 0.4) is 0 Å². The Morgan fingerprint density at radius 1 is 1.56 bits per heavy atom. The Balaban J connectivity index is 2.77. The normalized spacial score (nSPS) is 24.1. The molecule has 1 aliphatic heterocycles. The highest BCUT2D eigenvalue weighted by molar-refractivity contribution is 8.00. The Labute approximate surface area is 114 Å². The van der Waals surface area contributed by atoms with E-state index >= 15 is 0 Å². The van der Waals surface area contributed by atoms with E-state index in [0.29, 0.717) is 18.9 Å². The van der Waals surface area contributed by atoms with Crippen LogP contribution >= 0.6 is 11.8 Å². The minimum Gasteiger partial charge on any atom is -0.383 e. The van der Waals surface area contributed by atoms with Crippen LogP contribution in [0.25, 0.3) is 0 Å². The van der Waals surface area contributed by atoms with E-state index in [2.05, 4.69) is 4.90 Å². The molecule has 108 valence electrons. The number of sulfone groups is 1. The maximum atomic E-state index is 11.9. The molecule has 0 radical (unpaired) electrons. The maximum Gasteiger partial charge on any atom is 0.164 e. The molecular weight excluding hydrogens is 272 g/mol. The summed E-state index contributed by atoms with van der Waals surface area (Å²) in [5.41, 5.74) is 5.54. The van der Waals surface area contributed by atoms with Crippen LogP contribution in [-0.2, 0) is 14.6 Å². The summed E-state index contributed by atoms with van der Waals surface area (Å²) in [7, 11) is -1.39. The number of rotatable bonds is 7. The zero-order valence-corrected chi connectivity index (χ0v) is 12.8. The molecule has 1 rings (SSSR count). The topological polar surface area (TPSA) is 72.6 Å². The molecule has 5 nitrogen and oxygen atoms in total. The number of nitrogens with two attached hydrogens (primary N) is 1. The van der Waals surface area contributed by atoms with Gasteiger partial charge in [-0.05, 0) is 19.4 Å². The lowest BCUT2D eigenvalue weighted by Crippen LogP contribution is -2.53. The number of hydrogen-bond donors (Lipinski definition) is 1. The molecule has 0 aromatic carbocycles. The molecule has 0 saturated carbocycles. The van der Waals surface area contributed by atoms with Gasteiger partial charge in [0.25, 0.3) is 0 Å². The third-order valence-electron chi connectivity index (χ3n) is 3.19. The molecule has 18 heavy (non-hydrogen) atoms. The van der Waals surface area contributed by atoms with Gasteiger partial charge in [0.15, 0.2) is 9.84 Å². The van der Waals surface area contributed by atoms with Crippen molar-refractivity contribution in [1.29, 1.82) is 0 Å². The molecule has 0 amide bonds. The molecular formula is C11H24N2O3S2. The van der Waals surface area contributed by atoms with Gasteiger partial charge >= 0.3 is 0 Å². The van der Waals surface area contributed by atoms with E-state index in [0.717, 1.165) is 25.1 Å².